The Morgan fingerprint density at radius 2 is 2.30 bits per heavy atom. The lowest BCUT2D eigenvalue weighted by Gasteiger charge is -2.14. The molecule has 0 aromatic heterocycles. The van der Waals surface area contributed by atoms with Gasteiger partial charge in [-0.15, -0.1) is 0 Å². The summed E-state index contributed by atoms with van der Waals surface area (Å²) in [6, 6.07) is 0. The van der Waals surface area contributed by atoms with Crippen molar-refractivity contribution in [3.8, 4) is 0 Å². The van der Waals surface area contributed by atoms with E-state index in [4.69, 9.17) is 9.47 Å². The van der Waals surface area contributed by atoms with Gasteiger partial charge in [0, 0.05) is 13.1 Å². The molecule has 2 saturated heterocycles. The maximum atomic E-state index is 5.30. The van der Waals surface area contributed by atoms with E-state index < -0.39 is 0 Å². The Labute approximate surface area is 59.9 Å². The van der Waals surface area contributed by atoms with Crippen molar-refractivity contribution in [3.05, 3.63) is 6.23 Å². The topological polar surface area (TPSA) is 42.5 Å². The van der Waals surface area contributed by atoms with E-state index in [0.717, 1.165) is 32.5 Å². The van der Waals surface area contributed by atoms with Crippen LogP contribution in [0.15, 0.2) is 0 Å². The number of hydrogen-bond acceptors (Lipinski definition) is 4. The van der Waals surface area contributed by atoms with Gasteiger partial charge in [0.05, 0.1) is 13.2 Å². The molecular weight excluding hydrogens is 132 g/mol. The fourth-order valence-corrected chi connectivity index (χ4v) is 1.15. The molecule has 2 fully saturated rings. The van der Waals surface area contributed by atoms with Gasteiger partial charge in [-0.25, -0.2) is 0 Å². The monoisotopic (exact) mass is 143 g/mol. The molecule has 1 unspecified atom stereocenters. The first-order valence-corrected chi connectivity index (χ1v) is 3.55. The van der Waals surface area contributed by atoms with E-state index in [1.54, 1.807) is 0 Å². The highest BCUT2D eigenvalue weighted by molar-refractivity contribution is 4.90. The third-order valence-corrected chi connectivity index (χ3v) is 1.61. The minimum atomic E-state index is -0.0116. The largest absolute Gasteiger partial charge is 0.357 e. The van der Waals surface area contributed by atoms with Gasteiger partial charge in [-0.05, 0) is 0 Å². The lowest BCUT2D eigenvalue weighted by atomic mass is 10.5. The second kappa shape index (κ2) is 2.84. The molecule has 2 heterocycles. The van der Waals surface area contributed by atoms with Crippen LogP contribution in [0.4, 0.5) is 0 Å². The van der Waals surface area contributed by atoms with Gasteiger partial charge in [0.1, 0.15) is 0 Å². The van der Waals surface area contributed by atoms with Gasteiger partial charge < -0.3 is 9.47 Å². The second-order valence-electron chi connectivity index (χ2n) is 2.34. The molecule has 2 N–H and O–H groups in total. The average Bonchev–Trinajstić information content (AvgIpc) is 2.59. The summed E-state index contributed by atoms with van der Waals surface area (Å²) in [6.07, 6.45) is 0.833. The Morgan fingerprint density at radius 3 is 2.90 bits per heavy atom. The van der Waals surface area contributed by atoms with E-state index in [1.165, 1.54) is 0 Å². The van der Waals surface area contributed by atoms with Gasteiger partial charge in [-0.3, -0.25) is 10.6 Å². The molecule has 4 nitrogen and oxygen atoms in total. The van der Waals surface area contributed by atoms with Crippen molar-refractivity contribution >= 4 is 0 Å². The number of rotatable bonds is 1. The van der Waals surface area contributed by atoms with Crippen LogP contribution >= 0.6 is 0 Å². The van der Waals surface area contributed by atoms with Gasteiger partial charge in [-0.1, -0.05) is 0 Å². The normalized spacial score (nSPS) is 35.4. The summed E-state index contributed by atoms with van der Waals surface area (Å²) in [5, 5.41) is 6.26. The first kappa shape index (κ1) is 6.54. The van der Waals surface area contributed by atoms with E-state index in [-0.39, 0.29) is 6.23 Å². The van der Waals surface area contributed by atoms with E-state index >= 15 is 0 Å². The van der Waals surface area contributed by atoms with Gasteiger partial charge in [-0.2, -0.15) is 0 Å². The quantitative estimate of drug-likeness (QED) is 0.496. The molecule has 0 saturated carbocycles. The van der Waals surface area contributed by atoms with Crippen molar-refractivity contribution in [2.75, 3.05) is 26.3 Å². The summed E-state index contributed by atoms with van der Waals surface area (Å²) in [5.41, 5.74) is 0. The second-order valence-corrected chi connectivity index (χ2v) is 2.34. The lowest BCUT2D eigenvalue weighted by molar-refractivity contribution is 0.0311. The fraction of sp³-hybridized carbons (Fsp3) is 0.833. The third kappa shape index (κ3) is 1.15. The Morgan fingerprint density at radius 1 is 1.30 bits per heavy atom. The first-order chi connectivity index (χ1) is 4.97. The van der Waals surface area contributed by atoms with Crippen LogP contribution in [0.1, 0.15) is 0 Å². The molecule has 2 aliphatic rings. The van der Waals surface area contributed by atoms with Crippen molar-refractivity contribution in [2.45, 2.75) is 6.23 Å². The standard InChI is InChI=1S/C6H11N2O2/c1-3-9-5(7-1)6-8-2-4-10-6/h5,7-8H,1-4H2. The number of ether oxygens (including phenoxy) is 2. The molecule has 0 aromatic rings. The predicted molar refractivity (Wildman–Crippen MR) is 34.9 cm³/mol. The van der Waals surface area contributed by atoms with Crippen molar-refractivity contribution in [1.82, 2.24) is 10.6 Å². The zero-order chi connectivity index (χ0) is 6.81. The molecular formula is C6H11N2O2. The molecule has 1 radical (unpaired) electrons. The van der Waals surface area contributed by atoms with Crippen LogP contribution in [0.3, 0.4) is 0 Å². The third-order valence-electron chi connectivity index (χ3n) is 1.61. The zero-order valence-corrected chi connectivity index (χ0v) is 5.72. The Hall–Kier alpha value is -0.160. The van der Waals surface area contributed by atoms with Crippen LogP contribution in [0, 0.1) is 6.23 Å². The van der Waals surface area contributed by atoms with E-state index in [9.17, 15) is 0 Å². The van der Waals surface area contributed by atoms with Crippen LogP contribution in [-0.4, -0.2) is 32.5 Å². The first-order valence-electron chi connectivity index (χ1n) is 3.55. The van der Waals surface area contributed by atoms with Gasteiger partial charge in [0.25, 0.3) is 0 Å². The molecule has 0 amide bonds. The SMILES string of the molecule is C1CO[C](C2NCCO2)N1. The smallest absolute Gasteiger partial charge is 0.206 e. The molecule has 2 rings (SSSR count). The van der Waals surface area contributed by atoms with Crippen LogP contribution in [0.25, 0.3) is 0 Å². The molecule has 2 aliphatic heterocycles. The van der Waals surface area contributed by atoms with Crippen molar-refractivity contribution < 1.29 is 9.47 Å². The van der Waals surface area contributed by atoms with Crippen molar-refractivity contribution in [1.29, 1.82) is 0 Å². The molecule has 1 atom stereocenters. The molecule has 0 aromatic carbocycles. The molecule has 10 heavy (non-hydrogen) atoms. The summed E-state index contributed by atoms with van der Waals surface area (Å²) < 4.78 is 10.6. The fourth-order valence-electron chi connectivity index (χ4n) is 1.15. The lowest BCUT2D eigenvalue weighted by Crippen LogP contribution is -2.36. The summed E-state index contributed by atoms with van der Waals surface area (Å²) in [6.45, 7) is 3.35. The van der Waals surface area contributed by atoms with Crippen molar-refractivity contribution in [2.24, 2.45) is 0 Å². The van der Waals surface area contributed by atoms with E-state index in [0.29, 0.717) is 0 Å². The van der Waals surface area contributed by atoms with Crippen LogP contribution < -0.4 is 10.6 Å². The van der Waals surface area contributed by atoms with Gasteiger partial charge in [0.2, 0.25) is 6.23 Å². The summed E-state index contributed by atoms with van der Waals surface area (Å²) in [5.74, 6) is 0. The van der Waals surface area contributed by atoms with Crippen LogP contribution in [-0.2, 0) is 9.47 Å². The predicted octanol–water partition coefficient (Wildman–Crippen LogP) is -0.958. The van der Waals surface area contributed by atoms with Crippen LogP contribution in [0.2, 0.25) is 0 Å². The number of hydrogen-bond donors (Lipinski definition) is 2. The minimum absolute atomic E-state index is 0.0116. The highest BCUT2D eigenvalue weighted by Gasteiger charge is 2.29. The Kier molecular flexibility index (Phi) is 1.86. The number of nitrogens with one attached hydrogen (secondary N) is 2. The van der Waals surface area contributed by atoms with Crippen LogP contribution in [0.5, 0.6) is 0 Å². The van der Waals surface area contributed by atoms with Gasteiger partial charge >= 0.3 is 0 Å². The van der Waals surface area contributed by atoms with Crippen molar-refractivity contribution in [3.63, 3.8) is 0 Å². The molecule has 0 bridgehead atoms. The molecule has 4 heteroatoms. The molecule has 0 spiro atoms. The maximum absolute atomic E-state index is 5.30. The van der Waals surface area contributed by atoms with E-state index in [2.05, 4.69) is 10.6 Å². The maximum Gasteiger partial charge on any atom is 0.206 e. The molecule has 0 aliphatic carbocycles. The summed E-state index contributed by atoms with van der Waals surface area (Å²) in [7, 11) is 0. The molecule has 57 valence electrons. The Balaban J connectivity index is 1.85. The minimum Gasteiger partial charge on any atom is -0.357 e. The Bertz CT molecular complexity index is 94.3. The van der Waals surface area contributed by atoms with E-state index in [1.807, 2.05) is 0 Å². The zero-order valence-electron chi connectivity index (χ0n) is 5.72. The average molecular weight is 143 g/mol. The highest BCUT2D eigenvalue weighted by Crippen LogP contribution is 2.13. The summed E-state index contributed by atoms with van der Waals surface area (Å²) >= 11 is 0. The summed E-state index contributed by atoms with van der Waals surface area (Å²) in [4.78, 5) is 0. The van der Waals surface area contributed by atoms with Gasteiger partial charge in [0.15, 0.2) is 6.23 Å². The highest BCUT2D eigenvalue weighted by atomic mass is 16.6.